The summed E-state index contributed by atoms with van der Waals surface area (Å²) in [4.78, 5) is 43.4. The molecule has 0 aliphatic carbocycles. The van der Waals surface area contributed by atoms with Gasteiger partial charge in [0.15, 0.2) is 0 Å². The Balaban J connectivity index is 1.42. The maximum Gasteiger partial charge on any atom is 0.328 e. The largest absolute Gasteiger partial charge is 0.491 e. The number of hydrogen-bond acceptors (Lipinski definition) is 8. The molecular weight excluding hydrogens is 536 g/mol. The van der Waals surface area contributed by atoms with Gasteiger partial charge in [0.05, 0.1) is 24.1 Å². The smallest absolute Gasteiger partial charge is 0.328 e. The molecule has 1 aliphatic heterocycles. The van der Waals surface area contributed by atoms with Crippen LogP contribution in [0.2, 0.25) is 0 Å². The number of ether oxygens (including phenoxy) is 2. The highest BCUT2D eigenvalue weighted by atomic mass is 16.5. The number of amides is 1. The molecule has 1 aromatic heterocycles. The Morgan fingerprint density at radius 2 is 1.83 bits per heavy atom. The minimum atomic E-state index is -1.13. The molecule has 1 aliphatic rings. The fourth-order valence-corrected chi connectivity index (χ4v) is 4.64. The van der Waals surface area contributed by atoms with Crippen LogP contribution in [0.15, 0.2) is 79.1 Å². The molecule has 10 nitrogen and oxygen atoms in total. The van der Waals surface area contributed by atoms with Crippen molar-refractivity contribution >= 4 is 29.6 Å². The van der Waals surface area contributed by atoms with Crippen molar-refractivity contribution in [1.29, 1.82) is 5.26 Å². The third-order valence-corrected chi connectivity index (χ3v) is 6.88. The number of nitrogens with one attached hydrogen (secondary N) is 1. The molecule has 1 saturated heterocycles. The Kier molecular flexibility index (Phi) is 10.6. The van der Waals surface area contributed by atoms with E-state index in [1.54, 1.807) is 24.5 Å². The molecule has 0 bridgehead atoms. The van der Waals surface area contributed by atoms with Crippen molar-refractivity contribution in [2.75, 3.05) is 24.6 Å². The molecule has 10 heteroatoms. The fraction of sp³-hybridized carbons (Fsp3) is 0.281. The van der Waals surface area contributed by atoms with Crippen molar-refractivity contribution < 1.29 is 29.0 Å². The highest BCUT2D eigenvalue weighted by Crippen LogP contribution is 2.24. The van der Waals surface area contributed by atoms with E-state index in [2.05, 4.69) is 15.2 Å². The van der Waals surface area contributed by atoms with Crippen LogP contribution in [0.1, 0.15) is 36.0 Å². The number of rotatable bonds is 12. The predicted octanol–water partition coefficient (Wildman–Crippen LogP) is 3.96. The van der Waals surface area contributed by atoms with Crippen molar-refractivity contribution in [3.05, 3.63) is 95.8 Å². The summed E-state index contributed by atoms with van der Waals surface area (Å²) in [5.74, 6) is -1.79. The molecule has 4 rings (SSSR count). The lowest BCUT2D eigenvalue weighted by atomic mass is 9.95. The zero-order chi connectivity index (χ0) is 29.7. The maximum absolute atomic E-state index is 13.3. The van der Waals surface area contributed by atoms with Gasteiger partial charge in [0, 0.05) is 48.7 Å². The summed E-state index contributed by atoms with van der Waals surface area (Å²) in [5.41, 5.74) is 2.66. The minimum Gasteiger partial charge on any atom is -0.491 e. The summed E-state index contributed by atoms with van der Waals surface area (Å²) in [5, 5.41) is 21.3. The lowest BCUT2D eigenvalue weighted by Gasteiger charge is -2.33. The zero-order valence-corrected chi connectivity index (χ0v) is 23.0. The number of anilines is 1. The molecule has 1 unspecified atom stereocenters. The van der Waals surface area contributed by atoms with E-state index >= 15 is 0 Å². The summed E-state index contributed by atoms with van der Waals surface area (Å²) >= 11 is 0. The molecule has 216 valence electrons. The van der Waals surface area contributed by atoms with Gasteiger partial charge in [-0.15, -0.1) is 0 Å². The number of carbonyl (C=O) groups is 3. The van der Waals surface area contributed by atoms with Gasteiger partial charge in [-0.1, -0.05) is 30.3 Å². The standard InChI is InChI=1S/C32H32N4O6/c33-20-24-6-7-25(8-9-30(37)38)29(18-24)41-22-27(19-31(39)42-21-23-4-2-1-3-5-23)35-32(40)26-12-16-36(17-13-26)28-10-14-34-15-11-28/h1-11,14-15,18,26-27H,12-13,16-17,19,21-22H2,(H,35,40)(H,37,38). The number of carboxylic acid groups (broad SMARTS) is 1. The predicted molar refractivity (Wildman–Crippen MR) is 155 cm³/mol. The highest BCUT2D eigenvalue weighted by Gasteiger charge is 2.28. The van der Waals surface area contributed by atoms with Crippen LogP contribution in [0.4, 0.5) is 5.69 Å². The lowest BCUT2D eigenvalue weighted by Crippen LogP contribution is -2.46. The molecule has 0 radical (unpaired) electrons. The summed E-state index contributed by atoms with van der Waals surface area (Å²) in [6.45, 7) is 1.43. The van der Waals surface area contributed by atoms with Gasteiger partial charge in [-0.05, 0) is 54.8 Å². The number of esters is 1. The first-order valence-corrected chi connectivity index (χ1v) is 13.6. The van der Waals surface area contributed by atoms with E-state index in [0.29, 0.717) is 37.1 Å². The van der Waals surface area contributed by atoms with E-state index in [1.165, 1.54) is 12.1 Å². The first-order chi connectivity index (χ1) is 20.4. The van der Waals surface area contributed by atoms with E-state index in [0.717, 1.165) is 17.3 Å². The lowest BCUT2D eigenvalue weighted by molar-refractivity contribution is -0.146. The van der Waals surface area contributed by atoms with E-state index in [1.807, 2.05) is 48.5 Å². The number of nitriles is 1. The Hall–Kier alpha value is -5.17. The Labute approximate surface area is 244 Å². The SMILES string of the molecule is N#Cc1ccc(C=CC(=O)O)c(OCC(CC(=O)OCc2ccccc2)NC(=O)C2CCN(c3ccncc3)CC2)c1. The number of nitrogens with zero attached hydrogens (tertiary/aromatic N) is 3. The van der Waals surface area contributed by atoms with E-state index in [9.17, 15) is 19.6 Å². The fourth-order valence-electron chi connectivity index (χ4n) is 4.64. The number of benzene rings is 2. The van der Waals surface area contributed by atoms with Crippen LogP contribution in [-0.4, -0.2) is 53.7 Å². The van der Waals surface area contributed by atoms with Crippen LogP contribution in [0.5, 0.6) is 5.75 Å². The van der Waals surface area contributed by atoms with Gasteiger partial charge in [-0.3, -0.25) is 14.6 Å². The van der Waals surface area contributed by atoms with Gasteiger partial charge in [-0.2, -0.15) is 5.26 Å². The van der Waals surface area contributed by atoms with Crippen LogP contribution in [0.25, 0.3) is 6.08 Å². The van der Waals surface area contributed by atoms with Gasteiger partial charge in [0.25, 0.3) is 0 Å². The molecule has 2 heterocycles. The first kappa shape index (κ1) is 29.8. The van der Waals surface area contributed by atoms with Crippen LogP contribution >= 0.6 is 0 Å². The Morgan fingerprint density at radius 3 is 2.52 bits per heavy atom. The summed E-state index contributed by atoms with van der Waals surface area (Å²) in [7, 11) is 0. The van der Waals surface area contributed by atoms with Crippen molar-refractivity contribution in [2.45, 2.75) is 31.9 Å². The van der Waals surface area contributed by atoms with Crippen molar-refractivity contribution in [1.82, 2.24) is 10.3 Å². The molecular formula is C32H32N4O6. The van der Waals surface area contributed by atoms with Gasteiger partial charge >= 0.3 is 11.9 Å². The van der Waals surface area contributed by atoms with Crippen molar-refractivity contribution in [3.63, 3.8) is 0 Å². The summed E-state index contributed by atoms with van der Waals surface area (Å²) in [6.07, 6.45) is 6.97. The van der Waals surface area contributed by atoms with Gasteiger partial charge in [0.1, 0.15) is 19.0 Å². The molecule has 0 spiro atoms. The molecule has 1 atom stereocenters. The monoisotopic (exact) mass is 568 g/mol. The van der Waals surface area contributed by atoms with E-state index in [4.69, 9.17) is 14.6 Å². The summed E-state index contributed by atoms with van der Waals surface area (Å²) in [6, 6.07) is 19.1. The average molecular weight is 569 g/mol. The zero-order valence-electron chi connectivity index (χ0n) is 23.0. The maximum atomic E-state index is 13.3. The number of piperidine rings is 1. The van der Waals surface area contributed by atoms with Crippen LogP contribution < -0.4 is 15.0 Å². The number of carboxylic acids is 1. The molecule has 1 fully saturated rings. The molecule has 3 aromatic rings. The van der Waals surface area contributed by atoms with E-state index in [-0.39, 0.29) is 37.2 Å². The number of pyridine rings is 1. The van der Waals surface area contributed by atoms with Crippen LogP contribution in [0, 0.1) is 17.2 Å². The molecule has 42 heavy (non-hydrogen) atoms. The second-order valence-electron chi connectivity index (χ2n) is 9.87. The minimum absolute atomic E-state index is 0.0924. The number of aliphatic carboxylic acids is 1. The average Bonchev–Trinajstić information content (AvgIpc) is 3.02. The molecule has 2 aromatic carbocycles. The first-order valence-electron chi connectivity index (χ1n) is 13.6. The molecule has 1 amide bonds. The third kappa shape index (κ3) is 8.93. The van der Waals surface area contributed by atoms with Gasteiger partial charge in [0.2, 0.25) is 5.91 Å². The van der Waals surface area contributed by atoms with Crippen LogP contribution in [-0.2, 0) is 25.7 Å². The quantitative estimate of drug-likeness (QED) is 0.245. The van der Waals surface area contributed by atoms with Crippen molar-refractivity contribution in [2.24, 2.45) is 5.92 Å². The molecule has 0 saturated carbocycles. The second-order valence-corrected chi connectivity index (χ2v) is 9.87. The number of carbonyl (C=O) groups excluding carboxylic acids is 2. The number of hydrogen-bond donors (Lipinski definition) is 2. The van der Waals surface area contributed by atoms with Gasteiger partial charge in [-0.25, -0.2) is 4.79 Å². The Bertz CT molecular complexity index is 1430. The third-order valence-electron chi connectivity index (χ3n) is 6.88. The van der Waals surface area contributed by atoms with Gasteiger partial charge < -0.3 is 24.8 Å². The molecule has 2 N–H and O–H groups in total. The second kappa shape index (κ2) is 15.0. The topological polar surface area (TPSA) is 142 Å². The Morgan fingerprint density at radius 1 is 1.10 bits per heavy atom. The highest BCUT2D eigenvalue weighted by molar-refractivity contribution is 5.86. The number of aromatic nitrogens is 1. The summed E-state index contributed by atoms with van der Waals surface area (Å²) < 4.78 is 11.4. The normalized spacial score (nSPS) is 14.1. The van der Waals surface area contributed by atoms with Crippen LogP contribution in [0.3, 0.4) is 0 Å². The van der Waals surface area contributed by atoms with Crippen molar-refractivity contribution in [3.8, 4) is 11.8 Å². The van der Waals surface area contributed by atoms with E-state index < -0.39 is 18.0 Å².